The van der Waals surface area contributed by atoms with Gasteiger partial charge < -0.3 is 9.88 Å². The molecule has 0 amide bonds. The Kier molecular flexibility index (Phi) is 1.81. The van der Waals surface area contributed by atoms with Gasteiger partial charge in [0.15, 0.2) is 0 Å². The summed E-state index contributed by atoms with van der Waals surface area (Å²) in [6.07, 6.45) is 3.25. The van der Waals surface area contributed by atoms with E-state index in [-0.39, 0.29) is 0 Å². The Bertz CT molecular complexity index is 485. The fraction of sp³-hybridized carbons (Fsp3) is 0.231. The summed E-state index contributed by atoms with van der Waals surface area (Å²) in [5, 5.41) is 3.57. The van der Waals surface area contributed by atoms with Gasteiger partial charge >= 0.3 is 0 Å². The number of rotatable bonds is 1. The van der Waals surface area contributed by atoms with Crippen molar-refractivity contribution in [3.05, 3.63) is 48.3 Å². The summed E-state index contributed by atoms with van der Waals surface area (Å²) in [5.74, 6) is 0. The van der Waals surface area contributed by atoms with Gasteiger partial charge in [0.2, 0.25) is 0 Å². The Morgan fingerprint density at radius 2 is 2.07 bits per heavy atom. The topological polar surface area (TPSA) is 17.0 Å². The molecule has 0 saturated carbocycles. The van der Waals surface area contributed by atoms with Gasteiger partial charge in [-0.15, -0.1) is 0 Å². The number of aromatic nitrogens is 1. The van der Waals surface area contributed by atoms with Gasteiger partial charge in [0.1, 0.15) is 0 Å². The molecule has 0 saturated heterocycles. The van der Waals surface area contributed by atoms with Gasteiger partial charge in [0.05, 0.1) is 17.4 Å². The van der Waals surface area contributed by atoms with E-state index in [1.54, 1.807) is 0 Å². The van der Waals surface area contributed by atoms with Crippen LogP contribution in [0.5, 0.6) is 0 Å². The van der Waals surface area contributed by atoms with Crippen LogP contribution in [0.25, 0.3) is 5.69 Å². The first-order chi connectivity index (χ1) is 7.40. The summed E-state index contributed by atoms with van der Waals surface area (Å²) in [6, 6.07) is 13.2. The Balaban J connectivity index is 2.22. The molecule has 0 spiro atoms. The number of anilines is 1. The number of para-hydroxylation sites is 2. The average Bonchev–Trinajstić information content (AvgIpc) is 2.77. The molecule has 1 aliphatic heterocycles. The fourth-order valence-electron chi connectivity index (χ4n) is 2.28. The predicted molar refractivity (Wildman–Crippen MR) is 62.4 cm³/mol. The molecule has 2 heterocycles. The summed E-state index contributed by atoms with van der Waals surface area (Å²) in [7, 11) is 0. The zero-order valence-corrected chi connectivity index (χ0v) is 8.77. The standard InChI is InChI=1S/C13H14N2/c1-2-10-12-8-5-9-15(12)13-7-4-3-6-11(13)14-10/h3-10,14H,2H2,1H3. The van der Waals surface area contributed by atoms with Crippen molar-refractivity contribution in [1.29, 1.82) is 0 Å². The maximum Gasteiger partial charge on any atom is 0.0686 e. The summed E-state index contributed by atoms with van der Waals surface area (Å²) < 4.78 is 2.28. The Morgan fingerprint density at radius 1 is 1.20 bits per heavy atom. The molecular formula is C13H14N2. The second-order valence-electron chi connectivity index (χ2n) is 3.93. The largest absolute Gasteiger partial charge is 0.375 e. The molecular weight excluding hydrogens is 184 g/mol. The third kappa shape index (κ3) is 1.18. The van der Waals surface area contributed by atoms with Gasteiger partial charge in [-0.25, -0.2) is 0 Å². The highest BCUT2D eigenvalue weighted by Gasteiger charge is 2.21. The van der Waals surface area contributed by atoms with Crippen molar-refractivity contribution in [2.24, 2.45) is 0 Å². The molecule has 2 heteroatoms. The number of fused-ring (bicyclic) bond motifs is 3. The SMILES string of the molecule is CCC1Nc2ccccc2-n2cccc21. The van der Waals surface area contributed by atoms with Crippen LogP contribution >= 0.6 is 0 Å². The van der Waals surface area contributed by atoms with Crippen LogP contribution in [0, 0.1) is 0 Å². The molecule has 0 fully saturated rings. The third-order valence-corrected chi connectivity index (χ3v) is 3.04. The molecule has 0 radical (unpaired) electrons. The van der Waals surface area contributed by atoms with E-state index in [0.29, 0.717) is 6.04 Å². The molecule has 1 aromatic heterocycles. The Morgan fingerprint density at radius 3 is 2.93 bits per heavy atom. The number of benzene rings is 1. The third-order valence-electron chi connectivity index (χ3n) is 3.04. The summed E-state index contributed by atoms with van der Waals surface area (Å²) in [6.45, 7) is 2.21. The first-order valence-corrected chi connectivity index (χ1v) is 5.43. The first-order valence-electron chi connectivity index (χ1n) is 5.43. The van der Waals surface area contributed by atoms with Gasteiger partial charge in [0.25, 0.3) is 0 Å². The second-order valence-corrected chi connectivity index (χ2v) is 3.93. The molecule has 0 bridgehead atoms. The molecule has 2 nitrogen and oxygen atoms in total. The lowest BCUT2D eigenvalue weighted by Crippen LogP contribution is -2.20. The van der Waals surface area contributed by atoms with Crippen molar-refractivity contribution in [3.8, 4) is 5.69 Å². The number of nitrogens with one attached hydrogen (secondary N) is 1. The number of hydrogen-bond donors (Lipinski definition) is 1. The number of hydrogen-bond acceptors (Lipinski definition) is 1. The van der Waals surface area contributed by atoms with Crippen LogP contribution in [-0.2, 0) is 0 Å². The van der Waals surface area contributed by atoms with Crippen LogP contribution in [0.4, 0.5) is 5.69 Å². The molecule has 2 aromatic rings. The molecule has 1 aliphatic rings. The summed E-state index contributed by atoms with van der Waals surface area (Å²) in [4.78, 5) is 0. The lowest BCUT2D eigenvalue weighted by molar-refractivity contribution is 0.686. The van der Waals surface area contributed by atoms with Crippen LogP contribution in [0.3, 0.4) is 0 Å². The molecule has 0 aliphatic carbocycles. The maximum atomic E-state index is 3.57. The van der Waals surface area contributed by atoms with E-state index in [4.69, 9.17) is 0 Å². The average molecular weight is 198 g/mol. The highest BCUT2D eigenvalue weighted by Crippen LogP contribution is 2.34. The molecule has 1 aromatic carbocycles. The van der Waals surface area contributed by atoms with Crippen LogP contribution in [0.15, 0.2) is 42.6 Å². The second kappa shape index (κ2) is 3.16. The van der Waals surface area contributed by atoms with Crippen LogP contribution in [-0.4, -0.2) is 4.57 Å². The molecule has 15 heavy (non-hydrogen) atoms. The minimum Gasteiger partial charge on any atom is -0.375 e. The van der Waals surface area contributed by atoms with Crippen molar-refractivity contribution < 1.29 is 0 Å². The van der Waals surface area contributed by atoms with E-state index in [1.807, 2.05) is 0 Å². The summed E-state index contributed by atoms with van der Waals surface area (Å²) in [5.41, 5.74) is 3.84. The molecule has 1 unspecified atom stereocenters. The van der Waals surface area contributed by atoms with E-state index >= 15 is 0 Å². The van der Waals surface area contributed by atoms with Gasteiger partial charge in [-0.1, -0.05) is 19.1 Å². The van der Waals surface area contributed by atoms with E-state index in [2.05, 4.69) is 59.4 Å². The van der Waals surface area contributed by atoms with Crippen molar-refractivity contribution in [2.75, 3.05) is 5.32 Å². The van der Waals surface area contributed by atoms with Gasteiger partial charge in [-0.2, -0.15) is 0 Å². The normalized spacial score (nSPS) is 17.8. The van der Waals surface area contributed by atoms with Crippen LogP contribution in [0.1, 0.15) is 25.1 Å². The smallest absolute Gasteiger partial charge is 0.0686 e. The molecule has 3 rings (SSSR count). The zero-order valence-electron chi connectivity index (χ0n) is 8.77. The zero-order chi connectivity index (χ0) is 10.3. The Hall–Kier alpha value is -1.70. The molecule has 76 valence electrons. The van der Waals surface area contributed by atoms with Crippen LogP contribution in [0.2, 0.25) is 0 Å². The van der Waals surface area contributed by atoms with Gasteiger partial charge in [-0.3, -0.25) is 0 Å². The monoisotopic (exact) mass is 198 g/mol. The predicted octanol–water partition coefficient (Wildman–Crippen LogP) is 3.35. The quantitative estimate of drug-likeness (QED) is 0.743. The minimum absolute atomic E-state index is 0.440. The van der Waals surface area contributed by atoms with Crippen molar-refractivity contribution in [2.45, 2.75) is 19.4 Å². The lowest BCUT2D eigenvalue weighted by Gasteiger charge is -2.28. The van der Waals surface area contributed by atoms with Crippen molar-refractivity contribution >= 4 is 5.69 Å². The minimum atomic E-state index is 0.440. The van der Waals surface area contributed by atoms with E-state index in [9.17, 15) is 0 Å². The highest BCUT2D eigenvalue weighted by molar-refractivity contribution is 5.65. The maximum absolute atomic E-state index is 3.57. The van der Waals surface area contributed by atoms with E-state index in [0.717, 1.165) is 6.42 Å². The summed E-state index contributed by atoms with van der Waals surface area (Å²) >= 11 is 0. The fourth-order valence-corrected chi connectivity index (χ4v) is 2.28. The van der Waals surface area contributed by atoms with Gasteiger partial charge in [-0.05, 0) is 30.7 Å². The van der Waals surface area contributed by atoms with E-state index < -0.39 is 0 Å². The van der Waals surface area contributed by atoms with Crippen molar-refractivity contribution in [1.82, 2.24) is 4.57 Å². The first kappa shape index (κ1) is 8.60. The number of nitrogens with zero attached hydrogens (tertiary/aromatic N) is 1. The van der Waals surface area contributed by atoms with Gasteiger partial charge in [0, 0.05) is 11.9 Å². The van der Waals surface area contributed by atoms with Crippen LogP contribution < -0.4 is 5.32 Å². The Labute approximate surface area is 89.5 Å². The molecule has 1 atom stereocenters. The molecule has 1 N–H and O–H groups in total. The highest BCUT2D eigenvalue weighted by atomic mass is 15.1. The van der Waals surface area contributed by atoms with E-state index in [1.165, 1.54) is 17.1 Å². The van der Waals surface area contributed by atoms with Crippen molar-refractivity contribution in [3.63, 3.8) is 0 Å². The lowest BCUT2D eigenvalue weighted by atomic mass is 10.1.